The number of thiazole rings is 1. The van der Waals surface area contributed by atoms with E-state index in [1.54, 1.807) is 37.4 Å². The number of amides is 3. The van der Waals surface area contributed by atoms with Gasteiger partial charge in [-0.2, -0.15) is 0 Å². The summed E-state index contributed by atoms with van der Waals surface area (Å²) in [7, 11) is 0. The minimum absolute atomic E-state index is 0.0642. The van der Waals surface area contributed by atoms with Crippen LogP contribution in [0.25, 0.3) is 0 Å². The van der Waals surface area contributed by atoms with Crippen molar-refractivity contribution in [3.8, 4) is 0 Å². The number of nitrogens with one attached hydrogen (secondary N) is 2. The third-order valence-corrected chi connectivity index (χ3v) is 18.9. The SMILES string of the molecule is CC1S[C@@H]2[C@H](NC(=O)/C(=N\OC(c3ccccc3)(c3ccccc3)c3ccccc3)c3csc(NC(=O)OC(C)(C)C)n3)C(=O)N2C(C(=S)OC(c2ccccc2)c2ccccc2)=C1Sc1ncn(C(c2ccccc2)(c2ccccc2)c2ccccc2)n1. The number of ether oxygens (including phenoxy) is 2. The highest BCUT2D eigenvalue weighted by Crippen LogP contribution is 2.51. The second kappa shape index (κ2) is 26.1. The molecule has 10 aromatic rings. The van der Waals surface area contributed by atoms with Gasteiger partial charge in [0.1, 0.15) is 46.4 Å². The summed E-state index contributed by atoms with van der Waals surface area (Å²) in [5.74, 6) is -1.22. The minimum atomic E-state index is -1.40. The third-order valence-electron chi connectivity index (χ3n) is 15.1. The van der Waals surface area contributed by atoms with E-state index in [4.69, 9.17) is 46.8 Å². The summed E-state index contributed by atoms with van der Waals surface area (Å²) in [6.07, 6.45) is 0.351. The average molecular weight is 1250 g/mol. The van der Waals surface area contributed by atoms with Crippen LogP contribution in [-0.2, 0) is 35.0 Å². The van der Waals surface area contributed by atoms with E-state index in [0.717, 1.165) is 55.8 Å². The molecule has 14 nitrogen and oxygen atoms in total. The molecule has 3 atom stereocenters. The molecule has 89 heavy (non-hydrogen) atoms. The number of rotatable bonds is 19. The monoisotopic (exact) mass is 1250 g/mol. The molecule has 1 saturated heterocycles. The molecule has 444 valence electrons. The lowest BCUT2D eigenvalue weighted by molar-refractivity contribution is -0.144. The Morgan fingerprint density at radius 3 is 1.56 bits per heavy atom. The lowest BCUT2D eigenvalue weighted by Gasteiger charge is -2.51. The van der Waals surface area contributed by atoms with Gasteiger partial charge in [-0.15, -0.1) is 28.2 Å². The fourth-order valence-corrected chi connectivity index (χ4v) is 14.7. The largest absolute Gasteiger partial charge is 0.469 e. The van der Waals surface area contributed by atoms with Gasteiger partial charge < -0.3 is 19.6 Å². The van der Waals surface area contributed by atoms with Gasteiger partial charge in [-0.25, -0.2) is 19.4 Å². The highest BCUT2D eigenvalue weighted by molar-refractivity contribution is 8.06. The van der Waals surface area contributed by atoms with Crippen LogP contribution in [0.3, 0.4) is 0 Å². The number of thiocarbonyl (C=S) groups is 1. The number of hydrogen-bond acceptors (Lipinski definition) is 14. The molecule has 1 fully saturated rings. The normalized spacial score (nSPS) is 16.0. The summed E-state index contributed by atoms with van der Waals surface area (Å²) in [5, 5.41) is 17.0. The van der Waals surface area contributed by atoms with E-state index in [1.807, 2.05) is 218 Å². The van der Waals surface area contributed by atoms with Crippen molar-refractivity contribution in [1.29, 1.82) is 0 Å². The Kier molecular flexibility index (Phi) is 17.5. The van der Waals surface area contributed by atoms with Crippen molar-refractivity contribution in [2.24, 2.45) is 5.16 Å². The van der Waals surface area contributed by atoms with Crippen LogP contribution in [0.1, 0.15) is 84.0 Å². The Morgan fingerprint density at radius 2 is 1.10 bits per heavy atom. The minimum Gasteiger partial charge on any atom is -0.469 e. The topological polar surface area (TPSA) is 162 Å². The summed E-state index contributed by atoms with van der Waals surface area (Å²) in [5.41, 5.74) is 3.80. The zero-order valence-corrected chi connectivity index (χ0v) is 52.1. The molecule has 4 heterocycles. The van der Waals surface area contributed by atoms with E-state index in [2.05, 4.69) is 47.0 Å². The van der Waals surface area contributed by atoms with Crippen molar-refractivity contribution < 1.29 is 28.7 Å². The highest BCUT2D eigenvalue weighted by Gasteiger charge is 2.56. The molecule has 1 unspecified atom stereocenters. The summed E-state index contributed by atoms with van der Waals surface area (Å²) >= 11 is 10.3. The zero-order valence-electron chi connectivity index (χ0n) is 48.8. The zero-order chi connectivity index (χ0) is 61.5. The van der Waals surface area contributed by atoms with Gasteiger partial charge in [-0.05, 0) is 79.5 Å². The van der Waals surface area contributed by atoms with Gasteiger partial charge in [0.25, 0.3) is 11.8 Å². The van der Waals surface area contributed by atoms with Gasteiger partial charge in [0.05, 0.1) is 0 Å². The lowest BCUT2D eigenvalue weighted by Crippen LogP contribution is -2.71. The maximum Gasteiger partial charge on any atom is 0.413 e. The summed E-state index contributed by atoms with van der Waals surface area (Å²) < 4.78 is 14.4. The van der Waals surface area contributed by atoms with Crippen LogP contribution >= 0.6 is 47.1 Å². The number of aromatic nitrogens is 4. The maximum absolute atomic E-state index is 15.4. The number of benzene rings is 8. The molecule has 18 heteroatoms. The quantitative estimate of drug-likeness (QED) is 0.0259. The van der Waals surface area contributed by atoms with E-state index in [0.29, 0.717) is 15.8 Å². The molecular weight excluding hydrogens is 1190 g/mol. The average Bonchev–Trinajstić information content (AvgIpc) is 1.56. The molecule has 0 spiro atoms. The number of oxime groups is 1. The van der Waals surface area contributed by atoms with Crippen LogP contribution in [0, 0.1) is 0 Å². The summed E-state index contributed by atoms with van der Waals surface area (Å²) in [6, 6.07) is 78.0. The van der Waals surface area contributed by atoms with Crippen molar-refractivity contribution in [2.75, 3.05) is 5.32 Å². The second-order valence-electron chi connectivity index (χ2n) is 22.0. The molecule has 2 aliphatic rings. The van der Waals surface area contributed by atoms with Crippen LogP contribution in [0.4, 0.5) is 9.93 Å². The van der Waals surface area contributed by atoms with E-state index >= 15 is 9.59 Å². The number of nitrogens with zero attached hydrogens (tertiary/aromatic N) is 6. The van der Waals surface area contributed by atoms with Crippen molar-refractivity contribution in [1.82, 2.24) is 30.0 Å². The molecule has 2 N–H and O–H groups in total. The second-order valence-corrected chi connectivity index (χ2v) is 25.7. The van der Waals surface area contributed by atoms with E-state index in [-0.39, 0.29) is 26.8 Å². The van der Waals surface area contributed by atoms with Gasteiger partial charge in [0.15, 0.2) is 10.8 Å². The Balaban J connectivity index is 0.936. The van der Waals surface area contributed by atoms with Crippen molar-refractivity contribution in [3.63, 3.8) is 0 Å². The van der Waals surface area contributed by atoms with Gasteiger partial charge in [-0.3, -0.25) is 19.8 Å². The number of fused-ring (bicyclic) bond motifs is 1. The number of thioether (sulfide) groups is 2. The molecule has 12 rings (SSSR count). The van der Waals surface area contributed by atoms with E-state index in [9.17, 15) is 4.79 Å². The standard InChI is InChI=1S/C71H60N8O6S4/c1-47-61(89-66-72-46-78(76-66)70(50-33-17-7-18-34-50,51-35-19-8-20-36-51)52-37-21-9-22-38-52)59(65(86)83-60(48-29-13-5-14-30-48)49-31-15-6-16-32-49)79-63(81)58(64(79)88-47)74-62(80)57(56-45-87-67(73-56)75-68(82)84-69(2,3)4)77-85-71(53-39-23-10-24-40-53,54-41-25-11-26-42-54)55-43-27-12-28-44-55/h5-47,58,60,64H,1-4H3,(H,74,80)(H,73,75,82)/b77-57-/t47?,58-,64-/m1/s1. The van der Waals surface area contributed by atoms with Crippen LogP contribution in [0.2, 0.25) is 0 Å². The first-order valence-corrected chi connectivity index (χ1v) is 31.9. The number of β-lactam (4-membered cyclic amide) rings is 1. The van der Waals surface area contributed by atoms with Gasteiger partial charge in [0.2, 0.25) is 15.8 Å². The van der Waals surface area contributed by atoms with E-state index < -0.39 is 52.2 Å². The van der Waals surface area contributed by atoms with Crippen LogP contribution in [0.5, 0.6) is 0 Å². The number of hydrogen-bond donors (Lipinski definition) is 2. The highest BCUT2D eigenvalue weighted by atomic mass is 32.2. The van der Waals surface area contributed by atoms with Crippen molar-refractivity contribution in [2.45, 2.75) is 72.4 Å². The molecule has 2 aromatic heterocycles. The smallest absolute Gasteiger partial charge is 0.413 e. The first-order valence-electron chi connectivity index (χ1n) is 28.8. The molecule has 2 aliphatic heterocycles. The third kappa shape index (κ3) is 12.3. The number of carbonyl (C=O) groups excluding carboxylic acids is 3. The Morgan fingerprint density at radius 1 is 0.652 bits per heavy atom. The Labute approximate surface area is 534 Å². The predicted molar refractivity (Wildman–Crippen MR) is 354 cm³/mol. The predicted octanol–water partition coefficient (Wildman–Crippen LogP) is 14.6. The lowest BCUT2D eigenvalue weighted by atomic mass is 9.77. The Bertz CT molecular complexity index is 3940. The van der Waals surface area contributed by atoms with Crippen LogP contribution < -0.4 is 10.6 Å². The molecule has 0 aliphatic carbocycles. The van der Waals surface area contributed by atoms with Crippen molar-refractivity contribution >= 4 is 80.9 Å². The summed E-state index contributed by atoms with van der Waals surface area (Å²) in [6.45, 7) is 7.30. The molecule has 3 amide bonds. The van der Waals surface area contributed by atoms with Gasteiger partial charge in [0, 0.05) is 32.2 Å². The molecule has 0 bridgehead atoms. The number of anilines is 1. The Hall–Kier alpha value is -9.46. The maximum atomic E-state index is 15.4. The molecule has 8 aromatic carbocycles. The van der Waals surface area contributed by atoms with Gasteiger partial charge in [-0.1, -0.05) is 248 Å². The fraction of sp³-hybridized carbons (Fsp3) is 0.155. The summed E-state index contributed by atoms with van der Waals surface area (Å²) in [4.78, 5) is 62.8. The molecule has 0 saturated carbocycles. The first kappa shape index (κ1) is 59.9. The molecule has 0 radical (unpaired) electrons. The van der Waals surface area contributed by atoms with Gasteiger partial charge >= 0.3 is 6.09 Å². The van der Waals surface area contributed by atoms with Crippen LogP contribution in [0.15, 0.2) is 275 Å². The number of carbonyl (C=O) groups is 3. The first-order chi connectivity index (χ1) is 43.3. The molecular formula is C71H60N8O6S4. The fourth-order valence-electron chi connectivity index (χ4n) is 11.2. The van der Waals surface area contributed by atoms with Crippen molar-refractivity contribution in [3.05, 3.63) is 315 Å². The van der Waals surface area contributed by atoms with Crippen LogP contribution in [-0.4, -0.2) is 75.6 Å². The van der Waals surface area contributed by atoms with E-state index in [1.165, 1.54) is 23.5 Å².